The number of para-hydroxylation sites is 1. The van der Waals surface area contributed by atoms with Crippen molar-refractivity contribution >= 4 is 22.5 Å². The average Bonchev–Trinajstić information content (AvgIpc) is 3.13. The first kappa shape index (κ1) is 13.2. The number of nitrogens with two attached hydrogens (primary N) is 1. The molecule has 3 rings (SSSR count). The third-order valence-electron chi connectivity index (χ3n) is 3.37. The molecule has 0 spiro atoms. The summed E-state index contributed by atoms with van der Waals surface area (Å²) >= 11 is 0. The predicted octanol–water partition coefficient (Wildman–Crippen LogP) is 1.77. The molecule has 3 aromatic rings. The van der Waals surface area contributed by atoms with Crippen molar-refractivity contribution in [3.05, 3.63) is 48.7 Å². The summed E-state index contributed by atoms with van der Waals surface area (Å²) in [6.07, 6.45) is 6.27. The highest BCUT2D eigenvalue weighted by molar-refractivity contribution is 6.00. The van der Waals surface area contributed by atoms with E-state index in [1.54, 1.807) is 12.5 Å². The van der Waals surface area contributed by atoms with Gasteiger partial charge >= 0.3 is 0 Å². The van der Waals surface area contributed by atoms with Crippen molar-refractivity contribution in [3.63, 3.8) is 0 Å². The van der Waals surface area contributed by atoms with E-state index >= 15 is 0 Å². The first-order valence-corrected chi connectivity index (χ1v) is 6.85. The van der Waals surface area contributed by atoms with E-state index in [0.29, 0.717) is 17.9 Å². The molecule has 0 atom stereocenters. The van der Waals surface area contributed by atoms with E-state index in [9.17, 15) is 4.79 Å². The van der Waals surface area contributed by atoms with E-state index in [0.717, 1.165) is 23.9 Å². The van der Waals surface area contributed by atoms with Gasteiger partial charge in [-0.25, -0.2) is 4.98 Å². The van der Waals surface area contributed by atoms with Crippen molar-refractivity contribution < 1.29 is 4.79 Å². The summed E-state index contributed by atoms with van der Waals surface area (Å²) in [4.78, 5) is 19.1. The molecule has 21 heavy (non-hydrogen) atoms. The van der Waals surface area contributed by atoms with Crippen LogP contribution in [0.1, 0.15) is 16.9 Å². The largest absolute Gasteiger partial charge is 0.397 e. The van der Waals surface area contributed by atoms with Gasteiger partial charge in [-0.3, -0.25) is 4.79 Å². The Morgan fingerprint density at radius 3 is 3.10 bits per heavy atom. The molecule has 0 bridgehead atoms. The predicted molar refractivity (Wildman–Crippen MR) is 81.9 cm³/mol. The fourth-order valence-electron chi connectivity index (χ4n) is 2.28. The van der Waals surface area contributed by atoms with Gasteiger partial charge in [-0.05, 0) is 18.6 Å². The Hall–Kier alpha value is -2.76. The average molecular weight is 283 g/mol. The number of aryl methyl sites for hydroxylation is 1. The van der Waals surface area contributed by atoms with Crippen LogP contribution in [0.2, 0.25) is 0 Å². The molecule has 0 saturated carbocycles. The monoisotopic (exact) mass is 283 g/mol. The smallest absolute Gasteiger partial charge is 0.267 e. The Kier molecular flexibility index (Phi) is 3.59. The molecule has 0 radical (unpaired) electrons. The lowest BCUT2D eigenvalue weighted by molar-refractivity contribution is 0.0948. The SMILES string of the molecule is Nc1cccc2cc(C(=O)NCCCn3ccnc3)[nH]c12. The number of nitrogens with one attached hydrogen (secondary N) is 2. The van der Waals surface area contributed by atoms with Crippen LogP contribution in [0, 0.1) is 0 Å². The van der Waals surface area contributed by atoms with E-state index in [1.807, 2.05) is 35.0 Å². The number of H-pyrrole nitrogens is 1. The van der Waals surface area contributed by atoms with E-state index < -0.39 is 0 Å². The van der Waals surface area contributed by atoms with Gasteiger partial charge < -0.3 is 20.6 Å². The number of nitrogen functional groups attached to an aromatic ring is 1. The highest BCUT2D eigenvalue weighted by Crippen LogP contribution is 2.20. The van der Waals surface area contributed by atoms with Crippen molar-refractivity contribution in [2.24, 2.45) is 0 Å². The Morgan fingerprint density at radius 2 is 2.33 bits per heavy atom. The van der Waals surface area contributed by atoms with Crippen LogP contribution < -0.4 is 11.1 Å². The highest BCUT2D eigenvalue weighted by atomic mass is 16.1. The lowest BCUT2D eigenvalue weighted by atomic mass is 10.2. The van der Waals surface area contributed by atoms with E-state index in [1.165, 1.54) is 0 Å². The lowest BCUT2D eigenvalue weighted by Crippen LogP contribution is -2.25. The topological polar surface area (TPSA) is 88.7 Å². The van der Waals surface area contributed by atoms with Gasteiger partial charge in [-0.1, -0.05) is 12.1 Å². The number of benzene rings is 1. The number of aromatic amines is 1. The second-order valence-electron chi connectivity index (χ2n) is 4.90. The van der Waals surface area contributed by atoms with Crippen LogP contribution in [-0.4, -0.2) is 27.0 Å². The number of anilines is 1. The van der Waals surface area contributed by atoms with Gasteiger partial charge in [0.25, 0.3) is 5.91 Å². The van der Waals surface area contributed by atoms with Crippen molar-refractivity contribution in [1.82, 2.24) is 19.9 Å². The Morgan fingerprint density at radius 1 is 1.43 bits per heavy atom. The van der Waals surface area contributed by atoms with Crippen LogP contribution in [0.15, 0.2) is 43.0 Å². The fraction of sp³-hybridized carbons (Fsp3) is 0.200. The molecule has 1 aromatic carbocycles. The van der Waals surface area contributed by atoms with Gasteiger partial charge in [0.1, 0.15) is 5.69 Å². The second-order valence-corrected chi connectivity index (χ2v) is 4.90. The number of carbonyl (C=O) groups is 1. The van der Waals surface area contributed by atoms with Gasteiger partial charge in [-0.15, -0.1) is 0 Å². The van der Waals surface area contributed by atoms with Crippen molar-refractivity contribution in [1.29, 1.82) is 0 Å². The minimum Gasteiger partial charge on any atom is -0.397 e. The van der Waals surface area contributed by atoms with Crippen LogP contribution in [0.3, 0.4) is 0 Å². The van der Waals surface area contributed by atoms with Gasteiger partial charge in [0.2, 0.25) is 0 Å². The summed E-state index contributed by atoms with van der Waals surface area (Å²) in [7, 11) is 0. The number of fused-ring (bicyclic) bond motifs is 1. The molecule has 2 heterocycles. The standard InChI is InChI=1S/C15H17N5O/c16-12-4-1-3-11-9-13(19-14(11)12)15(21)18-5-2-7-20-8-6-17-10-20/h1,3-4,6,8-10,19H,2,5,7,16H2,(H,18,21). The number of imidazole rings is 1. The molecular weight excluding hydrogens is 266 g/mol. The van der Waals surface area contributed by atoms with Gasteiger partial charge in [-0.2, -0.15) is 0 Å². The number of hydrogen-bond acceptors (Lipinski definition) is 3. The number of rotatable bonds is 5. The molecule has 108 valence electrons. The number of carbonyl (C=O) groups excluding carboxylic acids is 1. The third-order valence-corrected chi connectivity index (χ3v) is 3.37. The summed E-state index contributed by atoms with van der Waals surface area (Å²) in [5.74, 6) is -0.115. The molecule has 0 aliphatic heterocycles. The van der Waals surface area contributed by atoms with E-state index in [2.05, 4.69) is 15.3 Å². The highest BCUT2D eigenvalue weighted by Gasteiger charge is 2.09. The van der Waals surface area contributed by atoms with Crippen LogP contribution in [0.5, 0.6) is 0 Å². The van der Waals surface area contributed by atoms with Crippen molar-refractivity contribution in [3.8, 4) is 0 Å². The van der Waals surface area contributed by atoms with Crippen molar-refractivity contribution in [2.75, 3.05) is 12.3 Å². The molecular formula is C15H17N5O. The summed E-state index contributed by atoms with van der Waals surface area (Å²) in [6, 6.07) is 7.43. The Bertz CT molecular complexity index is 745. The van der Waals surface area contributed by atoms with Gasteiger partial charge in [0, 0.05) is 30.9 Å². The first-order chi connectivity index (χ1) is 10.2. The fourth-order valence-corrected chi connectivity index (χ4v) is 2.28. The molecule has 4 N–H and O–H groups in total. The zero-order chi connectivity index (χ0) is 14.7. The zero-order valence-corrected chi connectivity index (χ0v) is 11.5. The van der Waals surface area contributed by atoms with E-state index in [4.69, 9.17) is 5.73 Å². The molecule has 6 nitrogen and oxygen atoms in total. The minimum atomic E-state index is -0.115. The molecule has 0 aliphatic rings. The number of amides is 1. The van der Waals surface area contributed by atoms with Gasteiger partial charge in [0.05, 0.1) is 17.5 Å². The second kappa shape index (κ2) is 5.70. The molecule has 2 aromatic heterocycles. The quantitative estimate of drug-likeness (QED) is 0.492. The molecule has 1 amide bonds. The maximum absolute atomic E-state index is 12.1. The molecule has 0 fully saturated rings. The summed E-state index contributed by atoms with van der Waals surface area (Å²) < 4.78 is 1.98. The maximum atomic E-state index is 12.1. The van der Waals surface area contributed by atoms with Crippen LogP contribution in [0.4, 0.5) is 5.69 Å². The molecule has 6 heteroatoms. The molecule has 0 unspecified atom stereocenters. The lowest BCUT2D eigenvalue weighted by Gasteiger charge is -2.04. The minimum absolute atomic E-state index is 0.115. The third kappa shape index (κ3) is 2.89. The number of aromatic nitrogens is 3. The maximum Gasteiger partial charge on any atom is 0.267 e. The van der Waals surface area contributed by atoms with Crippen LogP contribution >= 0.6 is 0 Å². The van der Waals surface area contributed by atoms with E-state index in [-0.39, 0.29) is 5.91 Å². The van der Waals surface area contributed by atoms with Crippen molar-refractivity contribution in [2.45, 2.75) is 13.0 Å². The van der Waals surface area contributed by atoms with Crippen LogP contribution in [0.25, 0.3) is 10.9 Å². The Labute approximate surface area is 122 Å². The first-order valence-electron chi connectivity index (χ1n) is 6.85. The normalized spacial score (nSPS) is 10.9. The Balaban J connectivity index is 1.58. The number of nitrogens with zero attached hydrogens (tertiary/aromatic N) is 2. The van der Waals surface area contributed by atoms with Gasteiger partial charge in [0.15, 0.2) is 0 Å². The summed E-state index contributed by atoms with van der Waals surface area (Å²) in [6.45, 7) is 1.45. The number of hydrogen-bond donors (Lipinski definition) is 3. The molecule has 0 aliphatic carbocycles. The zero-order valence-electron chi connectivity index (χ0n) is 11.5. The summed E-state index contributed by atoms with van der Waals surface area (Å²) in [5, 5.41) is 3.84. The van der Waals surface area contributed by atoms with Crippen LogP contribution in [-0.2, 0) is 6.54 Å². The molecule has 0 saturated heterocycles. The summed E-state index contributed by atoms with van der Waals surface area (Å²) in [5.41, 5.74) is 7.86.